The second-order valence-corrected chi connectivity index (χ2v) is 10.9. The molecular formula is C30H34N4O5. The molecule has 9 heteroatoms. The molecule has 2 aromatic carbocycles. The monoisotopic (exact) mass is 530 g/mol. The fourth-order valence-corrected chi connectivity index (χ4v) is 6.25. The third-order valence-electron chi connectivity index (χ3n) is 8.39. The molecule has 0 aromatic heterocycles. The quantitative estimate of drug-likeness (QED) is 0.577. The summed E-state index contributed by atoms with van der Waals surface area (Å²) in [5, 5.41) is 2.33. The molecule has 0 radical (unpaired) electrons. The number of anilines is 1. The lowest BCUT2D eigenvalue weighted by molar-refractivity contribution is -0.136. The molecule has 39 heavy (non-hydrogen) atoms. The molecule has 0 saturated carbocycles. The molecule has 3 saturated heterocycles. The van der Waals surface area contributed by atoms with Gasteiger partial charge in [-0.15, -0.1) is 0 Å². The van der Waals surface area contributed by atoms with Crippen molar-refractivity contribution in [3.63, 3.8) is 0 Å². The van der Waals surface area contributed by atoms with Crippen LogP contribution in [-0.2, 0) is 16.1 Å². The van der Waals surface area contributed by atoms with Gasteiger partial charge in [-0.05, 0) is 80.5 Å². The highest BCUT2D eigenvalue weighted by Gasteiger charge is 2.39. The van der Waals surface area contributed by atoms with Crippen LogP contribution in [0, 0.1) is 0 Å². The Balaban J connectivity index is 1.11. The second-order valence-electron chi connectivity index (χ2n) is 10.9. The molecule has 0 aliphatic carbocycles. The minimum absolute atomic E-state index is 0.0310. The number of hydrogen-bond acceptors (Lipinski definition) is 6. The van der Waals surface area contributed by atoms with E-state index in [1.165, 1.54) is 17.7 Å². The van der Waals surface area contributed by atoms with Gasteiger partial charge in [0.05, 0.1) is 6.04 Å². The minimum Gasteiger partial charge on any atom is -0.491 e. The Labute approximate surface area is 228 Å². The summed E-state index contributed by atoms with van der Waals surface area (Å²) in [6.45, 7) is 3.46. The number of amides is 4. The van der Waals surface area contributed by atoms with Crippen molar-refractivity contribution in [1.82, 2.24) is 15.1 Å². The van der Waals surface area contributed by atoms with Gasteiger partial charge in [0, 0.05) is 49.4 Å². The summed E-state index contributed by atoms with van der Waals surface area (Å²) < 4.78 is 6.19. The molecule has 1 N–H and O–H groups in total. The first kappa shape index (κ1) is 25.4. The van der Waals surface area contributed by atoms with E-state index in [9.17, 15) is 19.2 Å². The molecule has 0 spiro atoms. The summed E-state index contributed by atoms with van der Waals surface area (Å²) in [5.74, 6) is -0.238. The molecule has 4 amide bonds. The molecular weight excluding hydrogens is 496 g/mol. The van der Waals surface area contributed by atoms with Crippen LogP contribution in [0.2, 0.25) is 0 Å². The van der Waals surface area contributed by atoms with Crippen LogP contribution in [0.1, 0.15) is 71.2 Å². The molecule has 3 fully saturated rings. The number of imide groups is 1. The van der Waals surface area contributed by atoms with E-state index in [0.29, 0.717) is 37.4 Å². The van der Waals surface area contributed by atoms with Crippen molar-refractivity contribution in [2.75, 3.05) is 31.1 Å². The van der Waals surface area contributed by atoms with Gasteiger partial charge in [0.2, 0.25) is 11.8 Å². The average molecular weight is 531 g/mol. The van der Waals surface area contributed by atoms with Crippen LogP contribution in [0.5, 0.6) is 5.75 Å². The summed E-state index contributed by atoms with van der Waals surface area (Å²) >= 11 is 0. The van der Waals surface area contributed by atoms with Gasteiger partial charge in [-0.1, -0.05) is 6.07 Å². The largest absolute Gasteiger partial charge is 0.491 e. The molecule has 4 aliphatic rings. The fourth-order valence-electron chi connectivity index (χ4n) is 6.25. The summed E-state index contributed by atoms with van der Waals surface area (Å²) in [6.07, 6.45) is 5.84. The number of carbonyl (C=O) groups excluding carboxylic acids is 4. The molecule has 4 aliphatic heterocycles. The topological polar surface area (TPSA) is 99.3 Å². The van der Waals surface area contributed by atoms with Gasteiger partial charge < -0.3 is 19.4 Å². The maximum absolute atomic E-state index is 13.6. The predicted molar refractivity (Wildman–Crippen MR) is 145 cm³/mol. The number of hydrogen-bond donors (Lipinski definition) is 1. The number of fused-ring (bicyclic) bond motifs is 1. The van der Waals surface area contributed by atoms with Crippen molar-refractivity contribution in [3.05, 3.63) is 59.2 Å². The van der Waals surface area contributed by atoms with E-state index >= 15 is 0 Å². The van der Waals surface area contributed by atoms with E-state index in [0.717, 1.165) is 49.2 Å². The smallest absolute Gasteiger partial charge is 0.255 e. The summed E-state index contributed by atoms with van der Waals surface area (Å²) in [4.78, 5) is 56.2. The zero-order valence-corrected chi connectivity index (χ0v) is 22.1. The predicted octanol–water partition coefficient (Wildman–Crippen LogP) is 3.12. The summed E-state index contributed by atoms with van der Waals surface area (Å²) in [5.41, 5.74) is 3.19. The molecule has 0 bridgehead atoms. The van der Waals surface area contributed by atoms with Gasteiger partial charge in [-0.3, -0.25) is 24.5 Å². The Kier molecular flexibility index (Phi) is 6.97. The van der Waals surface area contributed by atoms with Crippen LogP contribution in [0.3, 0.4) is 0 Å². The number of piperidine rings is 2. The van der Waals surface area contributed by atoms with E-state index in [2.05, 4.69) is 16.3 Å². The van der Waals surface area contributed by atoms with E-state index in [1.807, 2.05) is 29.2 Å². The molecule has 9 nitrogen and oxygen atoms in total. The maximum atomic E-state index is 13.6. The molecule has 2 atom stereocenters. The van der Waals surface area contributed by atoms with E-state index in [-0.39, 0.29) is 30.2 Å². The number of nitrogens with zero attached hydrogens (tertiary/aromatic N) is 3. The maximum Gasteiger partial charge on any atom is 0.255 e. The van der Waals surface area contributed by atoms with Crippen LogP contribution in [-0.4, -0.2) is 71.8 Å². The number of ether oxygens (including phenoxy) is 1. The first-order valence-corrected chi connectivity index (χ1v) is 14.0. The molecule has 204 valence electrons. The highest BCUT2D eigenvalue weighted by atomic mass is 16.5. The van der Waals surface area contributed by atoms with Crippen LogP contribution >= 0.6 is 0 Å². The van der Waals surface area contributed by atoms with Crippen LogP contribution in [0.4, 0.5) is 5.69 Å². The SMILES string of the molecule is O=C1CCC(N2Cc3cc(OC[C@@H]4CCCCN4C(=O)c4cccc(N5CCCC5)c4)ccc3C2=O)C(=O)N1. The van der Waals surface area contributed by atoms with E-state index < -0.39 is 11.9 Å². The third kappa shape index (κ3) is 5.10. The third-order valence-corrected chi connectivity index (χ3v) is 8.39. The number of nitrogens with one attached hydrogen (secondary N) is 1. The van der Waals surface area contributed by atoms with Gasteiger partial charge in [0.25, 0.3) is 11.8 Å². The Morgan fingerprint density at radius 2 is 1.77 bits per heavy atom. The zero-order chi connectivity index (χ0) is 26.9. The lowest BCUT2D eigenvalue weighted by Crippen LogP contribution is -2.52. The Morgan fingerprint density at radius 1 is 0.949 bits per heavy atom. The number of carbonyl (C=O) groups is 4. The van der Waals surface area contributed by atoms with Gasteiger partial charge in [-0.2, -0.15) is 0 Å². The highest BCUT2D eigenvalue weighted by molar-refractivity contribution is 6.05. The van der Waals surface area contributed by atoms with Gasteiger partial charge >= 0.3 is 0 Å². The number of benzene rings is 2. The second kappa shape index (κ2) is 10.7. The normalized spacial score (nSPS) is 23.2. The van der Waals surface area contributed by atoms with Gasteiger partial charge in [0.1, 0.15) is 18.4 Å². The molecule has 4 heterocycles. The number of rotatable bonds is 6. The molecule has 1 unspecified atom stereocenters. The van der Waals surface area contributed by atoms with E-state index in [1.54, 1.807) is 12.1 Å². The van der Waals surface area contributed by atoms with Crippen molar-refractivity contribution >= 4 is 29.3 Å². The lowest BCUT2D eigenvalue weighted by Gasteiger charge is -2.35. The van der Waals surface area contributed by atoms with Crippen LogP contribution in [0.25, 0.3) is 0 Å². The molecule has 6 rings (SSSR count). The van der Waals surface area contributed by atoms with Crippen LogP contribution < -0.4 is 15.0 Å². The van der Waals surface area contributed by atoms with Gasteiger partial charge in [0.15, 0.2) is 0 Å². The standard InChI is InChI=1S/C30H34N4O5/c35-27-12-11-26(28(36)31-27)34-18-21-17-24(9-10-25(21)30(34)38)39-19-23-7-1-2-15-33(23)29(37)20-6-5-8-22(16-20)32-13-3-4-14-32/h5-6,8-10,16-17,23,26H,1-4,7,11-15,18-19H2,(H,31,35,36)/t23-,26?/m0/s1. The van der Waals surface area contributed by atoms with Gasteiger partial charge in [-0.25, -0.2) is 0 Å². The van der Waals surface area contributed by atoms with Crippen molar-refractivity contribution < 1.29 is 23.9 Å². The zero-order valence-electron chi connectivity index (χ0n) is 22.1. The Morgan fingerprint density at radius 3 is 2.59 bits per heavy atom. The Bertz CT molecular complexity index is 1300. The first-order chi connectivity index (χ1) is 19.0. The lowest BCUT2D eigenvalue weighted by atomic mass is 10.0. The van der Waals surface area contributed by atoms with E-state index in [4.69, 9.17) is 4.74 Å². The van der Waals surface area contributed by atoms with Crippen molar-refractivity contribution in [2.24, 2.45) is 0 Å². The van der Waals surface area contributed by atoms with Crippen molar-refractivity contribution in [1.29, 1.82) is 0 Å². The minimum atomic E-state index is -0.641. The van der Waals surface area contributed by atoms with Crippen molar-refractivity contribution in [2.45, 2.75) is 63.6 Å². The Hall–Kier alpha value is -3.88. The summed E-state index contributed by atoms with van der Waals surface area (Å²) in [7, 11) is 0. The van der Waals surface area contributed by atoms with Crippen molar-refractivity contribution in [3.8, 4) is 5.75 Å². The van der Waals surface area contributed by atoms with Crippen LogP contribution in [0.15, 0.2) is 42.5 Å². The highest BCUT2D eigenvalue weighted by Crippen LogP contribution is 2.31. The molecule has 2 aromatic rings. The summed E-state index contributed by atoms with van der Waals surface area (Å²) in [6, 6.07) is 12.7. The fraction of sp³-hybridized carbons (Fsp3) is 0.467. The first-order valence-electron chi connectivity index (χ1n) is 14.0. The number of likely N-dealkylation sites (tertiary alicyclic amines) is 1. The average Bonchev–Trinajstić information content (AvgIpc) is 3.60.